The fraction of sp³-hybridized carbons (Fsp3) is 0.381. The van der Waals surface area contributed by atoms with Gasteiger partial charge >= 0.3 is 0 Å². The molecule has 2 aliphatic rings. The van der Waals surface area contributed by atoms with E-state index in [0.29, 0.717) is 40.7 Å². The van der Waals surface area contributed by atoms with Gasteiger partial charge in [-0.2, -0.15) is 0 Å². The zero-order chi connectivity index (χ0) is 19.1. The van der Waals surface area contributed by atoms with E-state index >= 15 is 0 Å². The number of ether oxygens (including phenoxy) is 1. The van der Waals surface area contributed by atoms with Crippen molar-refractivity contribution in [2.24, 2.45) is 0 Å². The maximum Gasteiger partial charge on any atom is 0.233 e. The number of rotatable bonds is 4. The minimum Gasteiger partial charge on any atom is -0.507 e. The summed E-state index contributed by atoms with van der Waals surface area (Å²) in [5.74, 6) is 1.83. The van der Waals surface area contributed by atoms with E-state index in [4.69, 9.17) is 9.15 Å². The Morgan fingerprint density at radius 1 is 1.11 bits per heavy atom. The van der Waals surface area contributed by atoms with Crippen LogP contribution >= 0.6 is 0 Å². The summed E-state index contributed by atoms with van der Waals surface area (Å²) in [6.07, 6.45) is 6.34. The Kier molecular flexibility index (Phi) is 4.24. The minimum absolute atomic E-state index is 0.103. The SMILES string of the molecule is Cc1cnc(-c2ccc(-c3ccc(O[C@@H]4C[C@H]5CC[C@@H](C4)N5)nn3)c(O)c2)o1. The molecule has 2 aliphatic heterocycles. The minimum atomic E-state index is 0.103. The number of aromatic hydroxyl groups is 1. The molecule has 2 fully saturated rings. The number of oxazole rings is 1. The van der Waals surface area contributed by atoms with Gasteiger partial charge in [-0.1, -0.05) is 0 Å². The number of phenols is 1. The van der Waals surface area contributed by atoms with E-state index < -0.39 is 0 Å². The number of hydrogen-bond acceptors (Lipinski definition) is 7. The second kappa shape index (κ2) is 6.91. The van der Waals surface area contributed by atoms with E-state index in [9.17, 15) is 5.11 Å². The molecule has 3 aromatic rings. The largest absolute Gasteiger partial charge is 0.507 e. The lowest BCUT2D eigenvalue weighted by molar-refractivity contribution is 0.130. The fourth-order valence-electron chi connectivity index (χ4n) is 4.17. The molecular weight excluding hydrogens is 356 g/mol. The summed E-state index contributed by atoms with van der Waals surface area (Å²) in [6, 6.07) is 10.0. The van der Waals surface area contributed by atoms with Crippen LogP contribution in [0.15, 0.2) is 40.9 Å². The van der Waals surface area contributed by atoms with Crippen LogP contribution in [0.25, 0.3) is 22.7 Å². The predicted molar refractivity (Wildman–Crippen MR) is 103 cm³/mol. The Hall–Kier alpha value is -2.93. The zero-order valence-corrected chi connectivity index (χ0v) is 15.6. The molecule has 2 bridgehead atoms. The van der Waals surface area contributed by atoms with E-state index in [0.717, 1.165) is 18.6 Å². The lowest BCUT2D eigenvalue weighted by atomic mass is 10.0. The summed E-state index contributed by atoms with van der Waals surface area (Å²) < 4.78 is 11.5. The summed E-state index contributed by atoms with van der Waals surface area (Å²) in [4.78, 5) is 4.18. The lowest BCUT2D eigenvalue weighted by Crippen LogP contribution is -2.42. The van der Waals surface area contributed by atoms with Crippen LogP contribution < -0.4 is 10.1 Å². The smallest absolute Gasteiger partial charge is 0.233 e. The van der Waals surface area contributed by atoms with Gasteiger partial charge in [-0.25, -0.2) is 4.98 Å². The summed E-state index contributed by atoms with van der Waals surface area (Å²) in [7, 11) is 0. The van der Waals surface area contributed by atoms with Crippen LogP contribution in [0, 0.1) is 6.92 Å². The summed E-state index contributed by atoms with van der Waals surface area (Å²) >= 11 is 0. The highest BCUT2D eigenvalue weighted by Gasteiger charge is 2.34. The predicted octanol–water partition coefficient (Wildman–Crippen LogP) is 3.47. The Balaban J connectivity index is 1.31. The first kappa shape index (κ1) is 17.2. The monoisotopic (exact) mass is 378 g/mol. The number of fused-ring (bicyclic) bond motifs is 2. The van der Waals surface area contributed by atoms with Gasteiger partial charge in [0.25, 0.3) is 0 Å². The average molecular weight is 378 g/mol. The third kappa shape index (κ3) is 3.33. The molecule has 7 nitrogen and oxygen atoms in total. The van der Waals surface area contributed by atoms with Crippen molar-refractivity contribution in [1.82, 2.24) is 20.5 Å². The van der Waals surface area contributed by atoms with Crippen LogP contribution in [0.3, 0.4) is 0 Å². The topological polar surface area (TPSA) is 93.3 Å². The highest BCUT2D eigenvalue weighted by molar-refractivity contribution is 5.71. The first-order chi connectivity index (χ1) is 13.6. The van der Waals surface area contributed by atoms with E-state index in [2.05, 4.69) is 20.5 Å². The fourth-order valence-corrected chi connectivity index (χ4v) is 4.17. The van der Waals surface area contributed by atoms with Crippen molar-refractivity contribution in [3.05, 3.63) is 42.3 Å². The Morgan fingerprint density at radius 2 is 1.93 bits per heavy atom. The van der Waals surface area contributed by atoms with Crippen molar-refractivity contribution in [2.45, 2.75) is 50.8 Å². The molecule has 28 heavy (non-hydrogen) atoms. The molecule has 2 N–H and O–H groups in total. The third-order valence-corrected chi connectivity index (χ3v) is 5.50. The molecule has 0 amide bonds. The quantitative estimate of drug-likeness (QED) is 0.718. The highest BCUT2D eigenvalue weighted by atomic mass is 16.5. The second-order valence-electron chi connectivity index (χ2n) is 7.61. The van der Waals surface area contributed by atoms with Crippen molar-refractivity contribution in [3.63, 3.8) is 0 Å². The molecule has 7 heteroatoms. The van der Waals surface area contributed by atoms with Gasteiger partial charge in [0.2, 0.25) is 11.8 Å². The van der Waals surface area contributed by atoms with Gasteiger partial charge in [0.1, 0.15) is 17.6 Å². The van der Waals surface area contributed by atoms with Gasteiger partial charge in [0, 0.05) is 29.3 Å². The van der Waals surface area contributed by atoms with E-state index in [1.54, 1.807) is 18.3 Å². The third-order valence-electron chi connectivity index (χ3n) is 5.50. The van der Waals surface area contributed by atoms with Crippen molar-refractivity contribution < 1.29 is 14.3 Å². The van der Waals surface area contributed by atoms with Crippen molar-refractivity contribution in [1.29, 1.82) is 0 Å². The normalized spacial score (nSPS) is 23.7. The van der Waals surface area contributed by atoms with E-state index in [-0.39, 0.29) is 11.9 Å². The van der Waals surface area contributed by atoms with Gasteiger partial charge < -0.3 is 19.6 Å². The molecule has 5 rings (SSSR count). The molecule has 0 aliphatic carbocycles. The summed E-state index contributed by atoms with van der Waals surface area (Å²) in [6.45, 7) is 1.83. The first-order valence-electron chi connectivity index (χ1n) is 9.66. The lowest BCUT2D eigenvalue weighted by Gasteiger charge is -2.28. The van der Waals surface area contributed by atoms with Gasteiger partial charge in [0.15, 0.2) is 0 Å². The molecule has 0 radical (unpaired) electrons. The number of aryl methyl sites for hydroxylation is 1. The summed E-state index contributed by atoms with van der Waals surface area (Å²) in [5, 5.41) is 22.5. The highest BCUT2D eigenvalue weighted by Crippen LogP contribution is 2.33. The number of phenolic OH excluding ortho intramolecular Hbond substituents is 1. The standard InChI is InChI=1S/C21H22N4O3/c1-12-11-22-21(27-12)13-2-5-17(19(26)8-13)18-6-7-20(25-24-18)28-16-9-14-3-4-15(10-16)23-14/h2,5-8,11,14-16,23,26H,3-4,9-10H2,1H3/t14-,15+,16-. The molecule has 144 valence electrons. The molecule has 0 spiro atoms. The average Bonchev–Trinajstić information content (AvgIpc) is 3.27. The Morgan fingerprint density at radius 3 is 2.57 bits per heavy atom. The summed E-state index contributed by atoms with van der Waals surface area (Å²) in [5.41, 5.74) is 1.90. The number of nitrogens with one attached hydrogen (secondary N) is 1. The van der Waals surface area contributed by atoms with Crippen LogP contribution in [0.2, 0.25) is 0 Å². The molecule has 4 heterocycles. The molecule has 1 aromatic carbocycles. The number of nitrogens with zero attached hydrogens (tertiary/aromatic N) is 3. The van der Waals surface area contributed by atoms with Gasteiger partial charge in [-0.15, -0.1) is 10.2 Å². The first-order valence-corrected chi connectivity index (χ1v) is 9.66. The van der Waals surface area contributed by atoms with Crippen molar-refractivity contribution in [2.75, 3.05) is 0 Å². The zero-order valence-electron chi connectivity index (χ0n) is 15.6. The van der Waals surface area contributed by atoms with Crippen LogP contribution in [0.5, 0.6) is 11.6 Å². The number of aromatic nitrogens is 3. The van der Waals surface area contributed by atoms with Crippen LogP contribution in [0.4, 0.5) is 0 Å². The molecule has 0 saturated carbocycles. The van der Waals surface area contributed by atoms with Gasteiger partial charge in [0.05, 0.1) is 11.9 Å². The van der Waals surface area contributed by atoms with Gasteiger partial charge in [-0.3, -0.25) is 0 Å². The number of benzene rings is 1. The number of piperidine rings is 1. The van der Waals surface area contributed by atoms with Crippen molar-refractivity contribution >= 4 is 0 Å². The van der Waals surface area contributed by atoms with Crippen molar-refractivity contribution in [3.8, 4) is 34.3 Å². The van der Waals surface area contributed by atoms with E-state index in [1.807, 2.05) is 25.1 Å². The maximum absolute atomic E-state index is 10.4. The van der Waals surface area contributed by atoms with Crippen LogP contribution in [-0.4, -0.2) is 38.5 Å². The van der Waals surface area contributed by atoms with Gasteiger partial charge in [-0.05, 0) is 56.9 Å². The maximum atomic E-state index is 10.4. The molecule has 2 saturated heterocycles. The molecule has 2 aromatic heterocycles. The van der Waals surface area contributed by atoms with Crippen LogP contribution in [-0.2, 0) is 0 Å². The molecular formula is C21H22N4O3. The molecule has 3 atom stereocenters. The Labute approximate surface area is 162 Å². The molecule has 0 unspecified atom stereocenters. The second-order valence-corrected chi connectivity index (χ2v) is 7.61. The van der Waals surface area contributed by atoms with Crippen LogP contribution in [0.1, 0.15) is 31.4 Å². The Bertz CT molecular complexity index is 974. The van der Waals surface area contributed by atoms with E-state index in [1.165, 1.54) is 12.8 Å². The number of hydrogen-bond donors (Lipinski definition) is 2.